The molecule has 3 aromatic carbocycles. The number of rotatable bonds is 3. The van der Waals surface area contributed by atoms with Crippen LogP contribution < -0.4 is 5.43 Å². The fourth-order valence-corrected chi connectivity index (χ4v) is 3.22. The predicted octanol–water partition coefficient (Wildman–Crippen LogP) is 3.84. The van der Waals surface area contributed by atoms with Gasteiger partial charge in [0.2, 0.25) is 5.43 Å². The third-order valence-corrected chi connectivity index (χ3v) is 4.62. The molecule has 4 aromatic rings. The highest BCUT2D eigenvalue weighted by Gasteiger charge is 2.17. The summed E-state index contributed by atoms with van der Waals surface area (Å²) in [6, 6.07) is 17.0. The maximum atomic E-state index is 12.9. The molecule has 7 nitrogen and oxygen atoms in total. The Labute approximate surface area is 158 Å². The summed E-state index contributed by atoms with van der Waals surface area (Å²) >= 11 is 0. The van der Waals surface area contributed by atoms with Gasteiger partial charge in [-0.25, -0.2) is 4.79 Å². The lowest BCUT2D eigenvalue weighted by atomic mass is 10.0. The highest BCUT2D eigenvalue weighted by atomic mass is 16.6. The van der Waals surface area contributed by atoms with Crippen LogP contribution in [0.3, 0.4) is 0 Å². The lowest BCUT2D eigenvalue weighted by Crippen LogP contribution is -2.19. The molecule has 0 bridgehead atoms. The van der Waals surface area contributed by atoms with Gasteiger partial charge in [0.05, 0.1) is 17.5 Å². The van der Waals surface area contributed by atoms with Crippen molar-refractivity contribution in [2.45, 2.75) is 0 Å². The summed E-state index contributed by atoms with van der Waals surface area (Å²) in [5.74, 6) is -0.740. The van der Waals surface area contributed by atoms with E-state index in [2.05, 4.69) is 0 Å². The summed E-state index contributed by atoms with van der Waals surface area (Å²) in [5.41, 5.74) is 0.586. The average molecular weight is 374 g/mol. The number of nitro benzene ring substituents is 1. The number of carbonyl (C=O) groups excluding carboxylic acids is 1. The lowest BCUT2D eigenvalue weighted by Gasteiger charge is -2.14. The minimum Gasteiger partial charge on any atom is -0.465 e. The maximum Gasteiger partial charge on any atom is 0.343 e. The van der Waals surface area contributed by atoms with Crippen LogP contribution in [0.5, 0.6) is 0 Å². The van der Waals surface area contributed by atoms with Crippen LogP contribution in [0.1, 0.15) is 10.4 Å². The Bertz CT molecular complexity index is 1310. The molecule has 28 heavy (non-hydrogen) atoms. The molecule has 0 spiro atoms. The SMILES string of the molecule is COC(=O)c1cn(-c2ccc([N+](=O)[O-])cc2)c2cc3ccccc3cc2c1=O. The first kappa shape index (κ1) is 17.4. The van der Waals surface area contributed by atoms with E-state index in [0.717, 1.165) is 10.8 Å². The van der Waals surface area contributed by atoms with Gasteiger partial charge in [0.25, 0.3) is 5.69 Å². The molecule has 138 valence electrons. The number of hydrogen-bond donors (Lipinski definition) is 0. The number of hydrogen-bond acceptors (Lipinski definition) is 5. The zero-order chi connectivity index (χ0) is 19.8. The van der Waals surface area contributed by atoms with Crippen molar-refractivity contribution in [1.82, 2.24) is 4.57 Å². The van der Waals surface area contributed by atoms with Crippen molar-refractivity contribution in [3.63, 3.8) is 0 Å². The molecule has 0 aliphatic rings. The Morgan fingerprint density at radius 3 is 2.29 bits per heavy atom. The van der Waals surface area contributed by atoms with Gasteiger partial charge in [-0.05, 0) is 35.0 Å². The molecule has 0 unspecified atom stereocenters. The normalized spacial score (nSPS) is 10.9. The monoisotopic (exact) mass is 374 g/mol. The number of fused-ring (bicyclic) bond motifs is 2. The van der Waals surface area contributed by atoms with Gasteiger partial charge < -0.3 is 9.30 Å². The number of aromatic nitrogens is 1. The van der Waals surface area contributed by atoms with Gasteiger partial charge in [0.15, 0.2) is 0 Å². The number of pyridine rings is 1. The molecule has 0 N–H and O–H groups in total. The fourth-order valence-electron chi connectivity index (χ4n) is 3.22. The van der Waals surface area contributed by atoms with Crippen molar-refractivity contribution >= 4 is 33.3 Å². The van der Waals surface area contributed by atoms with E-state index in [1.54, 1.807) is 22.8 Å². The largest absolute Gasteiger partial charge is 0.465 e. The van der Waals surface area contributed by atoms with E-state index in [1.807, 2.05) is 30.3 Å². The number of carbonyl (C=O) groups is 1. The van der Waals surface area contributed by atoms with Crippen LogP contribution in [-0.4, -0.2) is 22.6 Å². The van der Waals surface area contributed by atoms with E-state index in [1.165, 1.54) is 25.4 Å². The second-order valence-electron chi connectivity index (χ2n) is 6.22. The number of ether oxygens (including phenoxy) is 1. The van der Waals surface area contributed by atoms with E-state index < -0.39 is 16.3 Å². The van der Waals surface area contributed by atoms with E-state index in [9.17, 15) is 19.7 Å². The first-order chi connectivity index (χ1) is 13.5. The van der Waals surface area contributed by atoms with Gasteiger partial charge in [-0.2, -0.15) is 0 Å². The number of non-ortho nitro benzene ring substituents is 1. The molecule has 0 aliphatic carbocycles. The summed E-state index contributed by atoms with van der Waals surface area (Å²) in [6.07, 6.45) is 1.41. The standard InChI is InChI=1S/C21H14N2O5/c1-28-21(25)18-12-22(15-6-8-16(9-7-15)23(26)27)19-11-14-5-3-2-4-13(14)10-17(19)20(18)24/h2-12H,1H3. The van der Waals surface area contributed by atoms with Crippen LogP contribution in [0.25, 0.3) is 27.4 Å². The minimum absolute atomic E-state index is 0.0484. The number of esters is 1. The summed E-state index contributed by atoms with van der Waals surface area (Å²) in [4.78, 5) is 35.5. The van der Waals surface area contributed by atoms with Gasteiger partial charge in [0.1, 0.15) is 5.56 Å². The average Bonchev–Trinajstić information content (AvgIpc) is 2.72. The van der Waals surface area contributed by atoms with E-state index in [4.69, 9.17) is 4.74 Å². The number of benzene rings is 3. The highest BCUT2D eigenvalue weighted by molar-refractivity contribution is 6.00. The maximum absolute atomic E-state index is 12.9. The zero-order valence-electron chi connectivity index (χ0n) is 14.8. The summed E-state index contributed by atoms with van der Waals surface area (Å²) in [5, 5.41) is 13.1. The zero-order valence-corrected chi connectivity index (χ0v) is 14.8. The molecule has 0 atom stereocenters. The van der Waals surface area contributed by atoms with E-state index in [0.29, 0.717) is 16.6 Å². The van der Waals surface area contributed by atoms with Crippen LogP contribution >= 0.6 is 0 Å². The molecule has 0 aliphatic heterocycles. The van der Waals surface area contributed by atoms with Crippen LogP contribution in [0.4, 0.5) is 5.69 Å². The van der Waals surface area contributed by atoms with Crippen LogP contribution in [-0.2, 0) is 4.74 Å². The van der Waals surface area contributed by atoms with Gasteiger partial charge in [-0.3, -0.25) is 14.9 Å². The summed E-state index contributed by atoms with van der Waals surface area (Å²) in [7, 11) is 1.21. The van der Waals surface area contributed by atoms with E-state index >= 15 is 0 Å². The summed E-state index contributed by atoms with van der Waals surface area (Å²) in [6.45, 7) is 0. The Balaban J connectivity index is 2.09. The molecular formula is C21H14N2O5. The Morgan fingerprint density at radius 1 is 1.04 bits per heavy atom. The van der Waals surface area contributed by atoms with Crippen molar-refractivity contribution in [3.05, 3.63) is 92.8 Å². The Morgan fingerprint density at radius 2 is 1.68 bits per heavy atom. The number of nitrogens with zero attached hydrogens (tertiary/aromatic N) is 2. The molecule has 0 radical (unpaired) electrons. The molecule has 0 saturated carbocycles. The van der Waals surface area contributed by atoms with Crippen molar-refractivity contribution in [3.8, 4) is 5.69 Å². The topological polar surface area (TPSA) is 91.4 Å². The molecule has 4 rings (SSSR count). The van der Waals surface area contributed by atoms with Gasteiger partial charge in [0, 0.05) is 29.4 Å². The molecule has 1 heterocycles. The van der Waals surface area contributed by atoms with Crippen LogP contribution in [0.15, 0.2) is 71.7 Å². The molecule has 1 aromatic heterocycles. The van der Waals surface area contributed by atoms with Gasteiger partial charge in [-0.15, -0.1) is 0 Å². The molecule has 0 amide bonds. The Kier molecular flexibility index (Phi) is 4.12. The van der Waals surface area contributed by atoms with Crippen molar-refractivity contribution in [2.75, 3.05) is 7.11 Å². The van der Waals surface area contributed by atoms with Crippen molar-refractivity contribution in [2.24, 2.45) is 0 Å². The third kappa shape index (κ3) is 2.79. The van der Waals surface area contributed by atoms with Crippen LogP contribution in [0.2, 0.25) is 0 Å². The number of methoxy groups -OCH3 is 1. The third-order valence-electron chi connectivity index (χ3n) is 4.62. The predicted molar refractivity (Wildman–Crippen MR) is 105 cm³/mol. The molecule has 7 heteroatoms. The van der Waals surface area contributed by atoms with Crippen molar-refractivity contribution in [1.29, 1.82) is 0 Å². The van der Waals surface area contributed by atoms with E-state index in [-0.39, 0.29) is 11.3 Å². The highest BCUT2D eigenvalue weighted by Crippen LogP contribution is 2.25. The molecule has 0 fully saturated rings. The van der Waals surface area contributed by atoms with Crippen LogP contribution in [0, 0.1) is 10.1 Å². The second kappa shape index (κ2) is 6.62. The van der Waals surface area contributed by atoms with Gasteiger partial charge in [-0.1, -0.05) is 24.3 Å². The quantitative estimate of drug-likeness (QED) is 0.235. The first-order valence-electron chi connectivity index (χ1n) is 8.41. The molecular weight excluding hydrogens is 360 g/mol. The minimum atomic E-state index is -0.740. The Hall–Kier alpha value is -4.00. The van der Waals surface area contributed by atoms with Crippen molar-refractivity contribution < 1.29 is 14.5 Å². The van der Waals surface area contributed by atoms with Gasteiger partial charge >= 0.3 is 5.97 Å². The number of nitro groups is 1. The summed E-state index contributed by atoms with van der Waals surface area (Å²) < 4.78 is 6.42. The second-order valence-corrected chi connectivity index (χ2v) is 6.22. The molecule has 0 saturated heterocycles. The lowest BCUT2D eigenvalue weighted by molar-refractivity contribution is -0.384. The first-order valence-corrected chi connectivity index (χ1v) is 8.41. The smallest absolute Gasteiger partial charge is 0.343 e. The fraction of sp³-hybridized carbons (Fsp3) is 0.0476.